The molecule has 70 valence electrons. The Morgan fingerprint density at radius 1 is 1.29 bits per heavy atom. The van der Waals surface area contributed by atoms with Crippen LogP contribution < -0.4 is 11.5 Å². The number of carbonyl (C=O) groups is 1. The molecule has 0 aliphatic carbocycles. The number of pyridine rings is 1. The van der Waals surface area contributed by atoms with Crippen molar-refractivity contribution in [2.45, 2.75) is 0 Å². The number of hydrogen-bond donors (Lipinski definition) is 2. The SMILES string of the molecule is NC(=O)c1ccc2ncccc2c1N. The van der Waals surface area contributed by atoms with Crippen LogP contribution in [0, 0.1) is 0 Å². The Bertz CT molecular complexity index is 508. The van der Waals surface area contributed by atoms with Crippen LogP contribution >= 0.6 is 0 Å². The quantitative estimate of drug-likeness (QED) is 0.651. The van der Waals surface area contributed by atoms with Gasteiger partial charge in [0.2, 0.25) is 0 Å². The fourth-order valence-corrected chi connectivity index (χ4v) is 1.39. The minimum Gasteiger partial charge on any atom is -0.398 e. The highest BCUT2D eigenvalue weighted by Crippen LogP contribution is 2.22. The second-order valence-corrected chi connectivity index (χ2v) is 2.96. The van der Waals surface area contributed by atoms with E-state index in [9.17, 15) is 4.79 Å². The van der Waals surface area contributed by atoms with Crippen molar-refractivity contribution in [1.29, 1.82) is 0 Å². The number of carbonyl (C=O) groups excluding carboxylic acids is 1. The highest BCUT2D eigenvalue weighted by molar-refractivity contribution is 6.06. The molecule has 0 aliphatic rings. The van der Waals surface area contributed by atoms with Gasteiger partial charge in [-0.15, -0.1) is 0 Å². The lowest BCUT2D eigenvalue weighted by atomic mass is 10.1. The van der Waals surface area contributed by atoms with Crippen molar-refractivity contribution in [3.63, 3.8) is 0 Å². The summed E-state index contributed by atoms with van der Waals surface area (Å²) < 4.78 is 0. The van der Waals surface area contributed by atoms with Crippen LogP contribution in [0.3, 0.4) is 0 Å². The smallest absolute Gasteiger partial charge is 0.250 e. The van der Waals surface area contributed by atoms with Crippen molar-refractivity contribution < 1.29 is 4.79 Å². The second kappa shape index (κ2) is 2.99. The lowest BCUT2D eigenvalue weighted by molar-refractivity contribution is 0.100. The summed E-state index contributed by atoms with van der Waals surface area (Å²) in [5, 5.41) is 0.754. The number of aromatic nitrogens is 1. The zero-order chi connectivity index (χ0) is 10.1. The molecule has 0 radical (unpaired) electrons. The van der Waals surface area contributed by atoms with Gasteiger partial charge in [0.1, 0.15) is 0 Å². The zero-order valence-electron chi connectivity index (χ0n) is 7.40. The van der Waals surface area contributed by atoms with Crippen molar-refractivity contribution in [3.05, 3.63) is 36.0 Å². The highest BCUT2D eigenvalue weighted by Gasteiger charge is 2.08. The van der Waals surface area contributed by atoms with Crippen LogP contribution in [0.15, 0.2) is 30.5 Å². The number of rotatable bonds is 1. The molecule has 0 aliphatic heterocycles. The third kappa shape index (κ3) is 1.17. The zero-order valence-corrected chi connectivity index (χ0v) is 7.40. The van der Waals surface area contributed by atoms with Gasteiger partial charge < -0.3 is 11.5 Å². The van der Waals surface area contributed by atoms with Crippen LogP contribution in [0.4, 0.5) is 5.69 Å². The molecule has 4 N–H and O–H groups in total. The Kier molecular flexibility index (Phi) is 1.81. The van der Waals surface area contributed by atoms with Gasteiger partial charge in [0.25, 0.3) is 5.91 Å². The first-order chi connectivity index (χ1) is 6.70. The molecule has 0 atom stereocenters. The van der Waals surface area contributed by atoms with E-state index in [0.29, 0.717) is 11.3 Å². The number of anilines is 1. The average molecular weight is 187 g/mol. The molecule has 0 spiro atoms. The number of nitrogen functional groups attached to an aromatic ring is 1. The van der Waals surface area contributed by atoms with Gasteiger partial charge >= 0.3 is 0 Å². The molecule has 1 heterocycles. The van der Waals surface area contributed by atoms with Gasteiger partial charge in [-0.2, -0.15) is 0 Å². The van der Waals surface area contributed by atoms with E-state index in [0.717, 1.165) is 10.9 Å². The lowest BCUT2D eigenvalue weighted by Crippen LogP contribution is -2.13. The van der Waals surface area contributed by atoms with E-state index >= 15 is 0 Å². The number of primary amides is 1. The summed E-state index contributed by atoms with van der Waals surface area (Å²) in [4.78, 5) is 15.1. The molecule has 4 heteroatoms. The Balaban J connectivity index is 2.81. The van der Waals surface area contributed by atoms with Crippen molar-refractivity contribution >= 4 is 22.5 Å². The summed E-state index contributed by atoms with van der Waals surface area (Å²) in [5.74, 6) is -0.520. The number of benzene rings is 1. The van der Waals surface area contributed by atoms with Gasteiger partial charge in [-0.05, 0) is 24.3 Å². The molecule has 2 aromatic rings. The van der Waals surface area contributed by atoms with E-state index in [1.807, 2.05) is 6.07 Å². The minimum absolute atomic E-state index is 0.338. The van der Waals surface area contributed by atoms with Crippen molar-refractivity contribution in [1.82, 2.24) is 4.98 Å². The van der Waals surface area contributed by atoms with Crippen LogP contribution in [0.5, 0.6) is 0 Å². The van der Waals surface area contributed by atoms with Gasteiger partial charge in [0.15, 0.2) is 0 Å². The normalized spacial score (nSPS) is 10.3. The largest absolute Gasteiger partial charge is 0.398 e. The monoisotopic (exact) mass is 187 g/mol. The summed E-state index contributed by atoms with van der Waals surface area (Å²) in [6.07, 6.45) is 1.67. The van der Waals surface area contributed by atoms with Gasteiger partial charge in [-0.1, -0.05) is 0 Å². The number of hydrogen-bond acceptors (Lipinski definition) is 3. The fourth-order valence-electron chi connectivity index (χ4n) is 1.39. The van der Waals surface area contributed by atoms with Crippen LogP contribution in [0.25, 0.3) is 10.9 Å². The third-order valence-corrected chi connectivity index (χ3v) is 2.09. The summed E-state index contributed by atoms with van der Waals surface area (Å²) >= 11 is 0. The maximum atomic E-state index is 11.0. The minimum atomic E-state index is -0.520. The van der Waals surface area contributed by atoms with Gasteiger partial charge in [0.05, 0.1) is 16.8 Å². The van der Waals surface area contributed by atoms with E-state index in [-0.39, 0.29) is 0 Å². The molecule has 1 amide bonds. The molecule has 0 bridgehead atoms. The fraction of sp³-hybridized carbons (Fsp3) is 0. The van der Waals surface area contributed by atoms with Crippen molar-refractivity contribution in [2.75, 3.05) is 5.73 Å². The van der Waals surface area contributed by atoms with Crippen LogP contribution in [0.2, 0.25) is 0 Å². The number of nitrogens with zero attached hydrogens (tertiary/aromatic N) is 1. The standard InChI is InChI=1S/C10H9N3O/c11-9-6-2-1-5-13-8(6)4-3-7(9)10(12)14/h1-5H,11H2,(H2,12,14). The lowest BCUT2D eigenvalue weighted by Gasteiger charge is -2.04. The van der Waals surface area contributed by atoms with E-state index in [1.165, 1.54) is 0 Å². The second-order valence-electron chi connectivity index (χ2n) is 2.96. The average Bonchev–Trinajstić information content (AvgIpc) is 2.18. The Morgan fingerprint density at radius 3 is 2.79 bits per heavy atom. The summed E-state index contributed by atoms with van der Waals surface area (Å²) in [6.45, 7) is 0. The van der Waals surface area contributed by atoms with E-state index in [4.69, 9.17) is 11.5 Å². The highest BCUT2D eigenvalue weighted by atomic mass is 16.1. The molecular formula is C10H9N3O. The Hall–Kier alpha value is -2.10. The first-order valence-corrected chi connectivity index (χ1v) is 4.13. The van der Waals surface area contributed by atoms with E-state index in [2.05, 4.69) is 4.98 Å². The van der Waals surface area contributed by atoms with Gasteiger partial charge in [-0.25, -0.2) is 0 Å². The van der Waals surface area contributed by atoms with Crippen LogP contribution in [-0.4, -0.2) is 10.9 Å². The molecule has 0 fully saturated rings. The molecule has 0 saturated carbocycles. The third-order valence-electron chi connectivity index (χ3n) is 2.09. The molecule has 14 heavy (non-hydrogen) atoms. The molecule has 1 aromatic heterocycles. The van der Waals surface area contributed by atoms with Crippen LogP contribution in [-0.2, 0) is 0 Å². The molecule has 1 aromatic carbocycles. The van der Waals surface area contributed by atoms with E-state index < -0.39 is 5.91 Å². The number of nitrogens with two attached hydrogens (primary N) is 2. The molecule has 0 saturated heterocycles. The molecular weight excluding hydrogens is 178 g/mol. The van der Waals surface area contributed by atoms with Crippen molar-refractivity contribution in [3.8, 4) is 0 Å². The first kappa shape index (κ1) is 8.50. The molecule has 2 rings (SSSR count). The maximum Gasteiger partial charge on any atom is 0.250 e. The summed E-state index contributed by atoms with van der Waals surface area (Å²) in [7, 11) is 0. The number of amides is 1. The van der Waals surface area contributed by atoms with Crippen molar-refractivity contribution in [2.24, 2.45) is 5.73 Å². The molecule has 4 nitrogen and oxygen atoms in total. The van der Waals surface area contributed by atoms with Crippen LogP contribution in [0.1, 0.15) is 10.4 Å². The Morgan fingerprint density at radius 2 is 2.07 bits per heavy atom. The predicted molar refractivity (Wildman–Crippen MR) is 54.7 cm³/mol. The molecule has 0 unspecified atom stereocenters. The predicted octanol–water partition coefficient (Wildman–Crippen LogP) is 0.916. The maximum absolute atomic E-state index is 11.0. The Labute approximate surface area is 80.5 Å². The first-order valence-electron chi connectivity index (χ1n) is 4.13. The topological polar surface area (TPSA) is 82.0 Å². The van der Waals surface area contributed by atoms with Gasteiger partial charge in [-0.3, -0.25) is 9.78 Å². The van der Waals surface area contributed by atoms with E-state index in [1.54, 1.807) is 24.4 Å². The summed E-state index contributed by atoms with van der Waals surface area (Å²) in [5.41, 5.74) is 12.4. The van der Waals surface area contributed by atoms with Gasteiger partial charge in [0, 0.05) is 11.6 Å². The summed E-state index contributed by atoms with van der Waals surface area (Å²) in [6, 6.07) is 6.90. The number of fused-ring (bicyclic) bond motifs is 1.